The molecule has 1 aliphatic rings. The first-order valence-corrected chi connectivity index (χ1v) is 9.06. The summed E-state index contributed by atoms with van der Waals surface area (Å²) in [5.74, 6) is -0.438. The van der Waals surface area contributed by atoms with Crippen molar-refractivity contribution < 1.29 is 9.13 Å². The van der Waals surface area contributed by atoms with Crippen molar-refractivity contribution in [2.24, 2.45) is 10.4 Å². The minimum absolute atomic E-state index is 0.144. The molecule has 6 nitrogen and oxygen atoms in total. The van der Waals surface area contributed by atoms with Gasteiger partial charge in [-0.2, -0.15) is 10.4 Å². The largest absolute Gasteiger partial charge is 0.375 e. The smallest absolute Gasteiger partial charge is 0.123 e. The molecule has 1 fully saturated rings. The third kappa shape index (κ3) is 4.36. The Bertz CT molecular complexity index is 767. The molecular weight excluding hydrogens is 347 g/mol. The van der Waals surface area contributed by atoms with Gasteiger partial charge in [0.25, 0.3) is 0 Å². The minimum Gasteiger partial charge on any atom is -0.375 e. The number of hydrogen-bond acceptors (Lipinski definition) is 5. The first-order chi connectivity index (χ1) is 13.2. The van der Waals surface area contributed by atoms with Crippen LogP contribution in [0.4, 0.5) is 4.39 Å². The summed E-state index contributed by atoms with van der Waals surface area (Å²) in [6.07, 6.45) is 1.06. The summed E-state index contributed by atoms with van der Waals surface area (Å²) in [6.45, 7) is 2.33. The van der Waals surface area contributed by atoms with Crippen LogP contribution in [0.1, 0.15) is 36.0 Å². The molecule has 7 heteroatoms. The number of aryl methyl sites for hydroxylation is 1. The summed E-state index contributed by atoms with van der Waals surface area (Å²) in [7, 11) is 0. The summed E-state index contributed by atoms with van der Waals surface area (Å²) >= 11 is 0. The molecule has 27 heavy (non-hydrogen) atoms. The van der Waals surface area contributed by atoms with Gasteiger partial charge in [-0.1, -0.05) is 53.7 Å². The van der Waals surface area contributed by atoms with Gasteiger partial charge < -0.3 is 4.74 Å². The zero-order chi connectivity index (χ0) is 19.2. The van der Waals surface area contributed by atoms with E-state index in [-0.39, 0.29) is 24.4 Å². The molecule has 4 atom stereocenters. The molecule has 0 saturated carbocycles. The van der Waals surface area contributed by atoms with E-state index in [9.17, 15) is 9.30 Å². The Morgan fingerprint density at radius 2 is 1.81 bits per heavy atom. The Morgan fingerprint density at radius 1 is 1.19 bits per heavy atom. The Hall–Kier alpha value is -2.67. The summed E-state index contributed by atoms with van der Waals surface area (Å²) in [5, 5.41) is 6.37. The fourth-order valence-electron chi connectivity index (χ4n) is 3.62. The van der Waals surface area contributed by atoms with Crippen molar-refractivity contribution in [3.05, 3.63) is 75.9 Å². The summed E-state index contributed by atoms with van der Waals surface area (Å²) in [4.78, 5) is 11.3. The average Bonchev–Trinajstić information content (AvgIpc) is 2.71. The van der Waals surface area contributed by atoms with Crippen LogP contribution in [0.15, 0.2) is 58.9 Å². The highest BCUT2D eigenvalue weighted by atomic mass is 19.1. The number of nitrogens with zero attached hydrogens (tertiary/aromatic N) is 2. The zero-order valence-electron chi connectivity index (χ0n) is 15.1. The van der Waals surface area contributed by atoms with Crippen LogP contribution in [-0.4, -0.2) is 24.8 Å². The molecule has 0 bridgehead atoms. The van der Waals surface area contributed by atoms with E-state index in [1.165, 1.54) is 17.7 Å². The van der Waals surface area contributed by atoms with E-state index >= 15 is 0 Å². The Balaban J connectivity index is 1.92. The van der Waals surface area contributed by atoms with Gasteiger partial charge in [0.2, 0.25) is 0 Å². The van der Waals surface area contributed by atoms with Crippen molar-refractivity contribution in [3.63, 3.8) is 0 Å². The van der Waals surface area contributed by atoms with Gasteiger partial charge in [0.1, 0.15) is 11.9 Å². The lowest BCUT2D eigenvalue weighted by Crippen LogP contribution is -2.48. The molecular formula is C20H23FN4O2. The maximum atomic E-state index is 13.4. The second-order valence-electron chi connectivity index (χ2n) is 6.75. The van der Waals surface area contributed by atoms with Crippen LogP contribution in [0.25, 0.3) is 0 Å². The maximum Gasteiger partial charge on any atom is 0.123 e. The third-order valence-corrected chi connectivity index (χ3v) is 5.14. The molecule has 1 heterocycles. The number of rotatable bonds is 7. The van der Waals surface area contributed by atoms with Crippen molar-refractivity contribution in [1.82, 2.24) is 5.43 Å². The molecule has 0 amide bonds. The van der Waals surface area contributed by atoms with E-state index in [0.717, 1.165) is 17.5 Å². The van der Waals surface area contributed by atoms with Crippen LogP contribution in [0.3, 0.4) is 0 Å². The van der Waals surface area contributed by atoms with Gasteiger partial charge in [0.05, 0.1) is 18.8 Å². The van der Waals surface area contributed by atoms with Gasteiger partial charge in [-0.05, 0) is 35.2 Å². The molecule has 0 aromatic heterocycles. The van der Waals surface area contributed by atoms with Crippen LogP contribution >= 0.6 is 0 Å². The predicted octanol–water partition coefficient (Wildman–Crippen LogP) is 4.35. The Kier molecular flexibility index (Phi) is 6.24. The average molecular weight is 370 g/mol. The Morgan fingerprint density at radius 3 is 2.37 bits per heavy atom. The lowest BCUT2D eigenvalue weighted by atomic mass is 9.81. The fraction of sp³-hybridized carbons (Fsp3) is 0.400. The number of hydrogen-bond donors (Lipinski definition) is 2. The zero-order valence-corrected chi connectivity index (χ0v) is 15.1. The molecule has 0 radical (unpaired) electrons. The highest BCUT2D eigenvalue weighted by Crippen LogP contribution is 2.35. The van der Waals surface area contributed by atoms with Crippen molar-refractivity contribution in [3.8, 4) is 0 Å². The predicted molar refractivity (Wildman–Crippen MR) is 100 cm³/mol. The van der Waals surface area contributed by atoms with Crippen LogP contribution in [0.5, 0.6) is 0 Å². The van der Waals surface area contributed by atoms with E-state index in [0.29, 0.717) is 6.42 Å². The van der Waals surface area contributed by atoms with Crippen LogP contribution in [0, 0.1) is 16.3 Å². The first kappa shape index (κ1) is 19.1. The van der Waals surface area contributed by atoms with Crippen LogP contribution in [-0.2, 0) is 11.2 Å². The lowest BCUT2D eigenvalue weighted by molar-refractivity contribution is -0.0204. The van der Waals surface area contributed by atoms with Crippen LogP contribution in [0.2, 0.25) is 0 Å². The van der Waals surface area contributed by atoms with Gasteiger partial charge in [-0.3, -0.25) is 5.43 Å². The molecule has 4 unspecified atom stereocenters. The van der Waals surface area contributed by atoms with E-state index in [1.807, 2.05) is 0 Å². The minimum atomic E-state index is -0.546. The summed E-state index contributed by atoms with van der Waals surface area (Å²) < 4.78 is 19.5. The number of nitrogens with one attached hydrogen (secondary N) is 2. The molecule has 2 aromatic rings. The van der Waals surface area contributed by atoms with Crippen molar-refractivity contribution in [2.75, 3.05) is 6.61 Å². The third-order valence-electron chi connectivity index (χ3n) is 5.14. The van der Waals surface area contributed by atoms with Gasteiger partial charge >= 0.3 is 0 Å². The topological polar surface area (TPSA) is 86.9 Å². The highest BCUT2D eigenvalue weighted by Gasteiger charge is 2.37. The molecule has 2 aromatic carbocycles. The van der Waals surface area contributed by atoms with E-state index < -0.39 is 12.1 Å². The fourth-order valence-corrected chi connectivity index (χ4v) is 3.62. The quantitative estimate of drug-likeness (QED) is 0.431. The molecule has 0 spiro atoms. The van der Waals surface area contributed by atoms with Gasteiger partial charge in [-0.25, -0.2) is 4.39 Å². The molecule has 1 saturated heterocycles. The Labute approximate surface area is 157 Å². The van der Waals surface area contributed by atoms with Gasteiger partial charge in [0, 0.05) is 12.3 Å². The van der Waals surface area contributed by atoms with Crippen molar-refractivity contribution >= 4 is 0 Å². The number of halogens is 1. The van der Waals surface area contributed by atoms with Crippen molar-refractivity contribution in [1.29, 1.82) is 5.53 Å². The van der Waals surface area contributed by atoms with Crippen LogP contribution < -0.4 is 5.43 Å². The highest BCUT2D eigenvalue weighted by molar-refractivity contribution is 5.36. The molecule has 2 N–H and O–H groups in total. The second kappa shape index (κ2) is 8.81. The lowest BCUT2D eigenvalue weighted by Gasteiger charge is -2.36. The molecule has 1 aliphatic heterocycles. The summed E-state index contributed by atoms with van der Waals surface area (Å²) in [5.41, 5.74) is 12.7. The number of nitroso groups, excluding NO2 is 1. The summed E-state index contributed by atoms with van der Waals surface area (Å²) in [6, 6.07) is 13.7. The van der Waals surface area contributed by atoms with E-state index in [4.69, 9.17) is 10.3 Å². The molecule has 142 valence electrons. The monoisotopic (exact) mass is 370 g/mol. The first-order valence-electron chi connectivity index (χ1n) is 9.06. The maximum absolute atomic E-state index is 13.4. The number of benzene rings is 2. The van der Waals surface area contributed by atoms with Crippen molar-refractivity contribution in [2.45, 2.75) is 43.9 Å². The van der Waals surface area contributed by atoms with Gasteiger partial charge in [0.15, 0.2) is 0 Å². The van der Waals surface area contributed by atoms with E-state index in [2.05, 4.69) is 47.0 Å². The SMILES string of the molecule is CCc1ccc(C(c2ccc(F)cc2)C2CC(N=O)C(NN=N)CO2)cc1. The normalized spacial score (nSPS) is 23.4. The molecule has 0 aliphatic carbocycles. The number of ether oxygens (including phenoxy) is 1. The van der Waals surface area contributed by atoms with Gasteiger partial charge in [-0.15, -0.1) is 0 Å². The standard InChI is InChI=1S/C20H23FN4O2/c1-2-13-3-5-14(6-4-13)20(15-7-9-16(21)10-8-15)19-11-17(24-26)18(12-27-19)23-25-22/h3-10,17-20H,2,11-12H2,1H3,(H2,22,23). The van der Waals surface area contributed by atoms with E-state index in [1.54, 1.807) is 12.1 Å². The molecule has 3 rings (SSSR count). The second-order valence-corrected chi connectivity index (χ2v) is 6.75.